The van der Waals surface area contributed by atoms with Crippen LogP contribution < -0.4 is 5.73 Å². The predicted octanol–water partition coefficient (Wildman–Crippen LogP) is 2.22. The molecule has 2 N–H and O–H groups in total. The van der Waals surface area contributed by atoms with E-state index in [0.29, 0.717) is 6.54 Å². The van der Waals surface area contributed by atoms with Crippen LogP contribution in [-0.4, -0.2) is 13.7 Å². The van der Waals surface area contributed by atoms with Gasteiger partial charge in [-0.05, 0) is 19.1 Å². The van der Waals surface area contributed by atoms with Gasteiger partial charge in [0.1, 0.15) is 5.60 Å². The highest BCUT2D eigenvalue weighted by molar-refractivity contribution is 7.16. The third kappa shape index (κ3) is 1.80. The number of thiophene rings is 1. The van der Waals surface area contributed by atoms with Crippen LogP contribution in [0.3, 0.4) is 0 Å². The molecule has 0 aliphatic heterocycles. The topological polar surface area (TPSA) is 35.2 Å². The normalized spacial score (nSPS) is 16.0. The number of ether oxygens (including phenoxy) is 1. The second-order valence-corrected chi connectivity index (χ2v) is 4.46. The van der Waals surface area contributed by atoms with Crippen LogP contribution in [0.25, 0.3) is 0 Å². The highest BCUT2D eigenvalue weighted by Gasteiger charge is 2.25. The van der Waals surface area contributed by atoms with Crippen molar-refractivity contribution >= 4 is 22.9 Å². The highest BCUT2D eigenvalue weighted by atomic mass is 35.5. The molecular weight excluding hydrogens is 194 g/mol. The summed E-state index contributed by atoms with van der Waals surface area (Å²) < 4.78 is 6.08. The highest BCUT2D eigenvalue weighted by Crippen LogP contribution is 2.32. The number of hydrogen-bond acceptors (Lipinski definition) is 3. The molecule has 0 saturated heterocycles. The van der Waals surface area contributed by atoms with Gasteiger partial charge in [-0.15, -0.1) is 11.3 Å². The van der Waals surface area contributed by atoms with Gasteiger partial charge in [0.25, 0.3) is 0 Å². The average Bonchev–Trinajstić information content (AvgIpc) is 2.51. The lowest BCUT2D eigenvalue weighted by atomic mass is 10.1. The molecular formula is C8H12ClNOS. The van der Waals surface area contributed by atoms with Crippen molar-refractivity contribution in [2.75, 3.05) is 13.7 Å². The molecule has 2 nitrogen and oxygen atoms in total. The molecule has 1 unspecified atom stereocenters. The lowest BCUT2D eigenvalue weighted by Crippen LogP contribution is -2.32. The number of hydrogen-bond donors (Lipinski definition) is 1. The molecule has 0 amide bonds. The fraction of sp³-hybridized carbons (Fsp3) is 0.500. The molecule has 0 radical (unpaired) electrons. The lowest BCUT2D eigenvalue weighted by Gasteiger charge is -2.24. The molecule has 1 aromatic rings. The van der Waals surface area contributed by atoms with Gasteiger partial charge >= 0.3 is 0 Å². The summed E-state index contributed by atoms with van der Waals surface area (Å²) in [4.78, 5) is 1.07. The summed E-state index contributed by atoms with van der Waals surface area (Å²) in [6, 6.07) is 3.80. The maximum absolute atomic E-state index is 5.80. The first-order valence-corrected chi connectivity index (χ1v) is 4.83. The van der Waals surface area contributed by atoms with Crippen molar-refractivity contribution in [2.45, 2.75) is 12.5 Å². The number of nitrogens with two attached hydrogens (primary N) is 1. The molecule has 0 aliphatic rings. The summed E-state index contributed by atoms with van der Waals surface area (Å²) in [6.45, 7) is 2.41. The molecule has 4 heteroatoms. The minimum absolute atomic E-state index is 0.391. The molecule has 1 rings (SSSR count). The van der Waals surface area contributed by atoms with Gasteiger partial charge < -0.3 is 10.5 Å². The fourth-order valence-electron chi connectivity index (χ4n) is 0.883. The van der Waals surface area contributed by atoms with Crippen LogP contribution >= 0.6 is 22.9 Å². The third-order valence-corrected chi connectivity index (χ3v) is 3.41. The molecule has 0 aliphatic carbocycles. The first-order chi connectivity index (χ1) is 5.62. The zero-order chi connectivity index (χ0) is 9.19. The summed E-state index contributed by atoms with van der Waals surface area (Å²) >= 11 is 7.31. The maximum atomic E-state index is 5.80. The molecule has 1 atom stereocenters. The Labute approximate surface area is 81.3 Å². The molecule has 68 valence electrons. The Kier molecular flexibility index (Phi) is 3.12. The summed E-state index contributed by atoms with van der Waals surface area (Å²) in [5.74, 6) is 0. The van der Waals surface area contributed by atoms with E-state index in [2.05, 4.69) is 0 Å². The first-order valence-electron chi connectivity index (χ1n) is 3.63. The Hall–Kier alpha value is -0.0900. The number of rotatable bonds is 3. The van der Waals surface area contributed by atoms with Crippen LogP contribution in [-0.2, 0) is 10.3 Å². The fourth-order valence-corrected chi connectivity index (χ4v) is 2.06. The largest absolute Gasteiger partial charge is 0.372 e. The van der Waals surface area contributed by atoms with Gasteiger partial charge in [-0.3, -0.25) is 0 Å². The van der Waals surface area contributed by atoms with E-state index in [1.54, 1.807) is 7.11 Å². The van der Waals surface area contributed by atoms with Crippen LogP contribution in [0.15, 0.2) is 12.1 Å². The van der Waals surface area contributed by atoms with Crippen LogP contribution in [0.1, 0.15) is 11.8 Å². The molecule has 12 heavy (non-hydrogen) atoms. The standard InChI is InChI=1S/C8H12ClNOS/c1-8(5-10,11-2)6-3-4-7(9)12-6/h3-4H,5,10H2,1-2H3. The van der Waals surface area contributed by atoms with Crippen LogP contribution in [0.4, 0.5) is 0 Å². The van der Waals surface area contributed by atoms with Crippen molar-refractivity contribution in [3.63, 3.8) is 0 Å². The SMILES string of the molecule is COC(C)(CN)c1ccc(Cl)s1. The van der Waals surface area contributed by atoms with Crippen LogP contribution in [0.5, 0.6) is 0 Å². The van der Waals surface area contributed by atoms with E-state index in [9.17, 15) is 0 Å². The Morgan fingerprint density at radius 2 is 2.33 bits per heavy atom. The number of methoxy groups -OCH3 is 1. The summed E-state index contributed by atoms with van der Waals surface area (Å²) in [5, 5.41) is 0. The van der Waals surface area contributed by atoms with E-state index in [-0.39, 0.29) is 0 Å². The summed E-state index contributed by atoms with van der Waals surface area (Å²) in [5.41, 5.74) is 5.21. The Morgan fingerprint density at radius 3 is 2.67 bits per heavy atom. The maximum Gasteiger partial charge on any atom is 0.111 e. The van der Waals surface area contributed by atoms with Crippen molar-refractivity contribution in [1.82, 2.24) is 0 Å². The average molecular weight is 206 g/mol. The summed E-state index contributed by atoms with van der Waals surface area (Å²) in [6.07, 6.45) is 0. The van der Waals surface area contributed by atoms with Crippen molar-refractivity contribution in [3.05, 3.63) is 21.3 Å². The quantitative estimate of drug-likeness (QED) is 0.822. The van der Waals surface area contributed by atoms with E-state index in [1.807, 2.05) is 19.1 Å². The van der Waals surface area contributed by atoms with Gasteiger partial charge in [0, 0.05) is 18.5 Å². The van der Waals surface area contributed by atoms with E-state index < -0.39 is 5.60 Å². The molecule has 0 aromatic carbocycles. The van der Waals surface area contributed by atoms with Crippen LogP contribution in [0.2, 0.25) is 4.34 Å². The zero-order valence-corrected chi connectivity index (χ0v) is 8.71. The minimum atomic E-state index is -0.391. The monoisotopic (exact) mass is 205 g/mol. The van der Waals surface area contributed by atoms with Gasteiger partial charge in [0.2, 0.25) is 0 Å². The van der Waals surface area contributed by atoms with Gasteiger partial charge in [-0.1, -0.05) is 11.6 Å². The van der Waals surface area contributed by atoms with E-state index in [4.69, 9.17) is 22.1 Å². The van der Waals surface area contributed by atoms with Crippen molar-refractivity contribution in [3.8, 4) is 0 Å². The molecule has 0 saturated carbocycles. The van der Waals surface area contributed by atoms with E-state index in [1.165, 1.54) is 11.3 Å². The van der Waals surface area contributed by atoms with E-state index >= 15 is 0 Å². The second kappa shape index (κ2) is 3.75. The molecule has 0 spiro atoms. The van der Waals surface area contributed by atoms with Crippen molar-refractivity contribution in [2.24, 2.45) is 5.73 Å². The van der Waals surface area contributed by atoms with Gasteiger partial charge in [0.15, 0.2) is 0 Å². The molecule has 1 heterocycles. The van der Waals surface area contributed by atoms with Gasteiger partial charge in [-0.2, -0.15) is 0 Å². The summed E-state index contributed by atoms with van der Waals surface area (Å²) in [7, 11) is 1.65. The lowest BCUT2D eigenvalue weighted by molar-refractivity contribution is 0.0132. The minimum Gasteiger partial charge on any atom is -0.372 e. The third-order valence-electron chi connectivity index (χ3n) is 1.93. The Morgan fingerprint density at radius 1 is 1.67 bits per heavy atom. The molecule has 1 aromatic heterocycles. The van der Waals surface area contributed by atoms with Crippen molar-refractivity contribution < 1.29 is 4.74 Å². The van der Waals surface area contributed by atoms with Crippen LogP contribution in [0, 0.1) is 0 Å². The molecule has 0 bridgehead atoms. The Balaban J connectivity index is 2.94. The first kappa shape index (κ1) is 9.99. The van der Waals surface area contributed by atoms with E-state index in [0.717, 1.165) is 9.21 Å². The second-order valence-electron chi connectivity index (χ2n) is 2.74. The van der Waals surface area contributed by atoms with Gasteiger partial charge in [-0.25, -0.2) is 0 Å². The predicted molar refractivity (Wildman–Crippen MR) is 52.7 cm³/mol. The number of halogens is 1. The van der Waals surface area contributed by atoms with Gasteiger partial charge in [0.05, 0.1) is 4.34 Å². The van der Waals surface area contributed by atoms with Crippen molar-refractivity contribution in [1.29, 1.82) is 0 Å². The zero-order valence-electron chi connectivity index (χ0n) is 7.13. The molecule has 0 fully saturated rings. The smallest absolute Gasteiger partial charge is 0.111 e. The Bertz CT molecular complexity index is 257.